The molecule has 2 aromatic heterocycles. The van der Waals surface area contributed by atoms with Gasteiger partial charge in [-0.3, -0.25) is 9.59 Å². The molecule has 0 radical (unpaired) electrons. The Morgan fingerprint density at radius 3 is 2.31 bits per heavy atom. The highest BCUT2D eigenvalue weighted by molar-refractivity contribution is 8.00. The number of benzene rings is 2. The highest BCUT2D eigenvalue weighted by Gasteiger charge is 2.31. The number of ketones is 1. The first-order valence-corrected chi connectivity index (χ1v) is 12.9. The summed E-state index contributed by atoms with van der Waals surface area (Å²) in [6, 6.07) is 24.5. The summed E-state index contributed by atoms with van der Waals surface area (Å²) in [5.74, 6) is 0.177. The minimum absolute atomic E-state index is 0. The zero-order valence-corrected chi connectivity index (χ0v) is 22.7. The van der Waals surface area contributed by atoms with Crippen LogP contribution in [0.1, 0.15) is 38.8 Å². The van der Waals surface area contributed by atoms with Crippen molar-refractivity contribution in [3.63, 3.8) is 0 Å². The SMILES string of the molecule is CCOC(=O)Cc1c(C(=O)c2ccccc2)sc(SCc2ccc(C#N)cc2)c1-[n+]1ccccc1.[Br-]. The molecular formula is C28H23BrN2O3S2. The van der Waals surface area contributed by atoms with Crippen LogP contribution in [-0.2, 0) is 21.7 Å². The van der Waals surface area contributed by atoms with Gasteiger partial charge in [-0.2, -0.15) is 9.83 Å². The van der Waals surface area contributed by atoms with Crippen LogP contribution in [-0.4, -0.2) is 18.4 Å². The third-order valence-corrected chi connectivity index (χ3v) is 7.79. The smallest absolute Gasteiger partial charge is 0.310 e. The number of pyridine rings is 1. The van der Waals surface area contributed by atoms with Crippen LogP contribution in [0.2, 0.25) is 0 Å². The van der Waals surface area contributed by atoms with E-state index >= 15 is 0 Å². The molecule has 0 N–H and O–H groups in total. The number of halogens is 1. The van der Waals surface area contributed by atoms with E-state index in [1.807, 2.05) is 65.5 Å². The van der Waals surface area contributed by atoms with E-state index in [4.69, 9.17) is 10.00 Å². The maximum Gasteiger partial charge on any atom is 0.310 e. The standard InChI is InChI=1S/C28H23N2O3S2.BrH/c1-2-33-24(31)17-23-25(30-15-7-4-8-16-30)28(34-19-21-13-11-20(18-29)12-14-21)35-27(23)26(32)22-9-5-3-6-10-22;/h3-16H,2,17,19H2,1H3;1H/q+1;/p-1. The summed E-state index contributed by atoms with van der Waals surface area (Å²) in [6.45, 7) is 2.05. The van der Waals surface area contributed by atoms with Crippen molar-refractivity contribution in [2.45, 2.75) is 23.3 Å². The molecule has 0 bridgehead atoms. The Kier molecular flexibility index (Phi) is 10.00. The zero-order chi connectivity index (χ0) is 24.6. The van der Waals surface area contributed by atoms with Gasteiger partial charge in [0.2, 0.25) is 11.5 Å². The van der Waals surface area contributed by atoms with Crippen molar-refractivity contribution in [1.82, 2.24) is 0 Å². The quantitative estimate of drug-likeness (QED) is 0.132. The number of thiophene rings is 1. The molecule has 4 rings (SSSR count). The lowest BCUT2D eigenvalue weighted by atomic mass is 10.0. The second-order valence-electron chi connectivity index (χ2n) is 7.60. The molecule has 0 aliphatic carbocycles. The minimum Gasteiger partial charge on any atom is -1.00 e. The van der Waals surface area contributed by atoms with Crippen LogP contribution >= 0.6 is 23.1 Å². The Balaban J connectivity index is 0.00000361. The zero-order valence-electron chi connectivity index (χ0n) is 19.5. The van der Waals surface area contributed by atoms with Gasteiger partial charge in [-0.1, -0.05) is 48.5 Å². The first kappa shape index (κ1) is 27.3. The number of carbonyl (C=O) groups is 2. The second kappa shape index (κ2) is 13.2. The van der Waals surface area contributed by atoms with Crippen molar-refractivity contribution >= 4 is 34.9 Å². The molecule has 5 nitrogen and oxygen atoms in total. The lowest BCUT2D eigenvalue weighted by Gasteiger charge is -2.05. The van der Waals surface area contributed by atoms with E-state index in [2.05, 4.69) is 6.07 Å². The first-order valence-electron chi connectivity index (χ1n) is 11.1. The summed E-state index contributed by atoms with van der Waals surface area (Å²) >= 11 is 3.01. The van der Waals surface area contributed by atoms with Gasteiger partial charge in [0.1, 0.15) is 4.21 Å². The molecule has 2 heterocycles. The number of hydrogen-bond donors (Lipinski definition) is 0. The van der Waals surface area contributed by atoms with E-state index in [-0.39, 0.29) is 41.8 Å². The van der Waals surface area contributed by atoms with Gasteiger partial charge in [0.05, 0.1) is 35.1 Å². The number of nitriles is 1. The molecule has 8 heteroatoms. The maximum absolute atomic E-state index is 13.6. The molecule has 0 fully saturated rings. The number of hydrogen-bond acceptors (Lipinski definition) is 6. The van der Waals surface area contributed by atoms with Crippen LogP contribution in [0.25, 0.3) is 5.69 Å². The number of aromatic nitrogens is 1. The number of carbonyl (C=O) groups excluding carboxylic acids is 2. The summed E-state index contributed by atoms with van der Waals surface area (Å²) in [4.78, 5) is 26.7. The van der Waals surface area contributed by atoms with Gasteiger partial charge in [0, 0.05) is 23.4 Å². The molecular weight excluding hydrogens is 556 g/mol. The van der Waals surface area contributed by atoms with E-state index in [0.29, 0.717) is 27.3 Å². The first-order chi connectivity index (χ1) is 17.1. The van der Waals surface area contributed by atoms with E-state index in [1.54, 1.807) is 43.0 Å². The Labute approximate surface area is 229 Å². The number of nitrogens with zero attached hydrogens (tertiary/aromatic N) is 2. The van der Waals surface area contributed by atoms with Crippen molar-refractivity contribution in [3.05, 3.63) is 112 Å². The lowest BCUT2D eigenvalue weighted by Crippen LogP contribution is -3.00. The molecule has 0 aliphatic rings. The molecule has 0 spiro atoms. The topological polar surface area (TPSA) is 71.0 Å². The minimum atomic E-state index is -0.367. The van der Waals surface area contributed by atoms with Crippen LogP contribution in [0.15, 0.2) is 89.4 Å². The van der Waals surface area contributed by atoms with E-state index in [0.717, 1.165) is 15.5 Å². The molecule has 0 saturated heterocycles. The summed E-state index contributed by atoms with van der Waals surface area (Å²) in [7, 11) is 0. The van der Waals surface area contributed by atoms with Gasteiger partial charge in [0.15, 0.2) is 12.4 Å². The van der Waals surface area contributed by atoms with Gasteiger partial charge in [-0.25, -0.2) is 0 Å². The number of thioether (sulfide) groups is 1. The van der Waals surface area contributed by atoms with E-state index < -0.39 is 0 Å². The summed E-state index contributed by atoms with van der Waals surface area (Å²) < 4.78 is 8.14. The van der Waals surface area contributed by atoms with Crippen LogP contribution < -0.4 is 21.5 Å². The maximum atomic E-state index is 13.6. The normalized spacial score (nSPS) is 10.2. The molecule has 36 heavy (non-hydrogen) atoms. The Hall–Kier alpha value is -3.25. The van der Waals surface area contributed by atoms with Crippen molar-refractivity contribution < 1.29 is 35.9 Å². The fourth-order valence-electron chi connectivity index (χ4n) is 3.59. The summed E-state index contributed by atoms with van der Waals surface area (Å²) in [5.41, 5.74) is 3.74. The van der Waals surface area contributed by atoms with E-state index in [9.17, 15) is 9.59 Å². The fraction of sp³-hybridized carbons (Fsp3) is 0.143. The van der Waals surface area contributed by atoms with Crippen LogP contribution in [0.4, 0.5) is 0 Å². The van der Waals surface area contributed by atoms with Crippen LogP contribution in [0.5, 0.6) is 0 Å². The Morgan fingerprint density at radius 2 is 1.67 bits per heavy atom. The van der Waals surface area contributed by atoms with Crippen molar-refractivity contribution in [1.29, 1.82) is 5.26 Å². The lowest BCUT2D eigenvalue weighted by molar-refractivity contribution is -0.598. The van der Waals surface area contributed by atoms with Crippen LogP contribution in [0.3, 0.4) is 0 Å². The monoisotopic (exact) mass is 578 g/mol. The van der Waals surface area contributed by atoms with Gasteiger partial charge in [0.25, 0.3) is 0 Å². The number of ether oxygens (including phenoxy) is 1. The second-order valence-corrected chi connectivity index (χ2v) is 9.87. The third-order valence-electron chi connectivity index (χ3n) is 5.24. The molecule has 0 atom stereocenters. The third kappa shape index (κ3) is 6.49. The summed E-state index contributed by atoms with van der Waals surface area (Å²) in [6.07, 6.45) is 3.84. The van der Waals surface area contributed by atoms with Gasteiger partial charge in [-0.05, 0) is 24.6 Å². The molecule has 4 aromatic rings. The molecule has 0 saturated carbocycles. The van der Waals surface area contributed by atoms with Crippen molar-refractivity contribution in [2.75, 3.05) is 6.61 Å². The highest BCUT2D eigenvalue weighted by Crippen LogP contribution is 2.39. The van der Waals surface area contributed by atoms with E-state index in [1.165, 1.54) is 11.3 Å². The number of esters is 1. The summed E-state index contributed by atoms with van der Waals surface area (Å²) in [5, 5.41) is 9.06. The number of rotatable bonds is 9. The highest BCUT2D eigenvalue weighted by atomic mass is 79.9. The molecule has 0 unspecified atom stereocenters. The largest absolute Gasteiger partial charge is 1.00 e. The fourth-order valence-corrected chi connectivity index (χ4v) is 6.12. The van der Waals surface area contributed by atoms with Gasteiger partial charge < -0.3 is 21.7 Å². The van der Waals surface area contributed by atoms with Crippen LogP contribution in [0, 0.1) is 11.3 Å². The van der Waals surface area contributed by atoms with Gasteiger partial charge in [-0.15, -0.1) is 23.1 Å². The molecule has 182 valence electrons. The average Bonchev–Trinajstić information content (AvgIpc) is 3.26. The van der Waals surface area contributed by atoms with Crippen molar-refractivity contribution in [2.24, 2.45) is 0 Å². The Bertz CT molecular complexity index is 1370. The molecule has 2 aromatic carbocycles. The molecule has 0 amide bonds. The van der Waals surface area contributed by atoms with Crippen molar-refractivity contribution in [3.8, 4) is 11.8 Å². The molecule has 0 aliphatic heterocycles. The Morgan fingerprint density at radius 1 is 1.00 bits per heavy atom. The average molecular weight is 580 g/mol. The predicted molar refractivity (Wildman–Crippen MR) is 137 cm³/mol. The predicted octanol–water partition coefficient (Wildman–Crippen LogP) is 2.53. The van der Waals surface area contributed by atoms with Gasteiger partial charge >= 0.3 is 5.97 Å².